The molecule has 2 rings (SSSR count). The lowest BCUT2D eigenvalue weighted by atomic mass is 10.3. The summed E-state index contributed by atoms with van der Waals surface area (Å²) in [5.74, 6) is 0.683. The van der Waals surface area contributed by atoms with Crippen molar-refractivity contribution in [3.05, 3.63) is 23.9 Å². The molecule has 0 saturated carbocycles. The fourth-order valence-electron chi connectivity index (χ4n) is 1.94. The van der Waals surface area contributed by atoms with E-state index in [2.05, 4.69) is 9.88 Å². The Balaban J connectivity index is 1.75. The average molecular weight is 221 g/mol. The highest BCUT2D eigenvalue weighted by Gasteiger charge is 2.10. The largest absolute Gasteiger partial charge is 0.476 e. The van der Waals surface area contributed by atoms with Crippen molar-refractivity contribution >= 4 is 0 Å². The average Bonchev–Trinajstić information content (AvgIpc) is 2.82. The third-order valence-corrected chi connectivity index (χ3v) is 2.89. The Morgan fingerprint density at radius 2 is 2.19 bits per heavy atom. The van der Waals surface area contributed by atoms with Gasteiger partial charge in [-0.3, -0.25) is 4.90 Å². The predicted octanol–water partition coefficient (Wildman–Crippen LogP) is 1.01. The van der Waals surface area contributed by atoms with Crippen molar-refractivity contribution < 1.29 is 4.74 Å². The van der Waals surface area contributed by atoms with E-state index in [9.17, 15) is 0 Å². The van der Waals surface area contributed by atoms with E-state index < -0.39 is 0 Å². The summed E-state index contributed by atoms with van der Waals surface area (Å²) in [7, 11) is 0. The standard InChI is InChI=1S/C12H19N3O/c13-10-11-3-4-14-12(9-11)16-8-7-15-5-1-2-6-15/h3-4,9H,1-2,5-8,10,13H2. The van der Waals surface area contributed by atoms with Crippen LogP contribution < -0.4 is 10.5 Å². The Morgan fingerprint density at radius 1 is 1.38 bits per heavy atom. The molecule has 2 N–H and O–H groups in total. The minimum Gasteiger partial charge on any atom is -0.476 e. The maximum Gasteiger partial charge on any atom is 0.213 e. The predicted molar refractivity (Wildman–Crippen MR) is 63.3 cm³/mol. The van der Waals surface area contributed by atoms with Crippen LogP contribution in [0, 0.1) is 0 Å². The zero-order valence-electron chi connectivity index (χ0n) is 9.56. The summed E-state index contributed by atoms with van der Waals surface area (Å²) in [6, 6.07) is 3.82. The summed E-state index contributed by atoms with van der Waals surface area (Å²) in [6.45, 7) is 4.65. The van der Waals surface area contributed by atoms with Crippen LogP contribution >= 0.6 is 0 Å². The Kier molecular flexibility index (Phi) is 4.13. The molecular formula is C12H19N3O. The van der Waals surface area contributed by atoms with Gasteiger partial charge in [-0.1, -0.05) is 0 Å². The van der Waals surface area contributed by atoms with Crippen LogP contribution in [-0.2, 0) is 6.54 Å². The molecule has 1 aromatic heterocycles. The first kappa shape index (κ1) is 11.4. The number of nitrogens with two attached hydrogens (primary N) is 1. The Labute approximate surface area is 96.4 Å². The molecule has 2 heterocycles. The number of nitrogens with zero attached hydrogens (tertiary/aromatic N) is 2. The highest BCUT2D eigenvalue weighted by atomic mass is 16.5. The van der Waals surface area contributed by atoms with E-state index in [-0.39, 0.29) is 0 Å². The molecule has 1 saturated heterocycles. The van der Waals surface area contributed by atoms with Crippen molar-refractivity contribution in [1.29, 1.82) is 0 Å². The second kappa shape index (κ2) is 5.82. The molecule has 1 fully saturated rings. The van der Waals surface area contributed by atoms with E-state index in [1.165, 1.54) is 25.9 Å². The summed E-state index contributed by atoms with van der Waals surface area (Å²) in [5, 5.41) is 0. The van der Waals surface area contributed by atoms with Gasteiger partial charge < -0.3 is 10.5 Å². The van der Waals surface area contributed by atoms with Gasteiger partial charge >= 0.3 is 0 Å². The number of likely N-dealkylation sites (tertiary alicyclic amines) is 1. The molecule has 0 aromatic carbocycles. The zero-order chi connectivity index (χ0) is 11.2. The minimum absolute atomic E-state index is 0.533. The summed E-state index contributed by atoms with van der Waals surface area (Å²) in [5.41, 5.74) is 6.62. The number of ether oxygens (including phenoxy) is 1. The van der Waals surface area contributed by atoms with E-state index in [1.807, 2.05) is 12.1 Å². The van der Waals surface area contributed by atoms with Crippen LogP contribution in [0.2, 0.25) is 0 Å². The second-order valence-electron chi connectivity index (χ2n) is 4.10. The fourth-order valence-corrected chi connectivity index (χ4v) is 1.94. The first-order valence-corrected chi connectivity index (χ1v) is 5.88. The van der Waals surface area contributed by atoms with Gasteiger partial charge in [0, 0.05) is 25.4 Å². The summed E-state index contributed by atoms with van der Waals surface area (Å²) in [4.78, 5) is 6.58. The lowest BCUT2D eigenvalue weighted by molar-refractivity contribution is 0.232. The summed E-state index contributed by atoms with van der Waals surface area (Å²) < 4.78 is 5.60. The first-order valence-electron chi connectivity index (χ1n) is 5.88. The maximum absolute atomic E-state index is 5.60. The van der Waals surface area contributed by atoms with Gasteiger partial charge in [0.05, 0.1) is 0 Å². The second-order valence-corrected chi connectivity index (χ2v) is 4.10. The van der Waals surface area contributed by atoms with Crippen LogP contribution in [0.4, 0.5) is 0 Å². The van der Waals surface area contributed by atoms with Crippen molar-refractivity contribution in [2.75, 3.05) is 26.2 Å². The SMILES string of the molecule is NCc1ccnc(OCCN2CCCC2)c1. The van der Waals surface area contributed by atoms with Gasteiger partial charge in [0.15, 0.2) is 0 Å². The molecule has 4 heteroatoms. The van der Waals surface area contributed by atoms with Gasteiger partial charge in [-0.15, -0.1) is 0 Å². The van der Waals surface area contributed by atoms with Crippen LogP contribution in [-0.4, -0.2) is 36.1 Å². The van der Waals surface area contributed by atoms with Crippen molar-refractivity contribution in [1.82, 2.24) is 9.88 Å². The molecule has 1 aromatic rings. The molecule has 0 atom stereocenters. The fraction of sp³-hybridized carbons (Fsp3) is 0.583. The van der Waals surface area contributed by atoms with Crippen molar-refractivity contribution in [2.45, 2.75) is 19.4 Å². The number of aromatic nitrogens is 1. The zero-order valence-corrected chi connectivity index (χ0v) is 9.56. The smallest absolute Gasteiger partial charge is 0.213 e. The monoisotopic (exact) mass is 221 g/mol. The van der Waals surface area contributed by atoms with E-state index in [0.717, 1.165) is 12.1 Å². The number of hydrogen-bond acceptors (Lipinski definition) is 4. The van der Waals surface area contributed by atoms with Crippen LogP contribution in [0.1, 0.15) is 18.4 Å². The van der Waals surface area contributed by atoms with E-state index >= 15 is 0 Å². The molecule has 88 valence electrons. The molecular weight excluding hydrogens is 202 g/mol. The van der Waals surface area contributed by atoms with Gasteiger partial charge in [0.25, 0.3) is 0 Å². The van der Waals surface area contributed by atoms with Crippen molar-refractivity contribution in [2.24, 2.45) is 5.73 Å². The molecule has 16 heavy (non-hydrogen) atoms. The lowest BCUT2D eigenvalue weighted by Gasteiger charge is -2.14. The molecule has 0 aliphatic carbocycles. The van der Waals surface area contributed by atoms with Gasteiger partial charge in [0.2, 0.25) is 5.88 Å². The van der Waals surface area contributed by atoms with E-state index in [0.29, 0.717) is 19.0 Å². The Morgan fingerprint density at radius 3 is 2.94 bits per heavy atom. The topological polar surface area (TPSA) is 51.4 Å². The molecule has 1 aliphatic heterocycles. The third kappa shape index (κ3) is 3.18. The minimum atomic E-state index is 0.533. The normalized spacial score (nSPS) is 16.6. The summed E-state index contributed by atoms with van der Waals surface area (Å²) >= 11 is 0. The highest BCUT2D eigenvalue weighted by molar-refractivity contribution is 5.19. The van der Waals surface area contributed by atoms with E-state index in [1.54, 1.807) is 6.20 Å². The van der Waals surface area contributed by atoms with Crippen molar-refractivity contribution in [3.63, 3.8) is 0 Å². The third-order valence-electron chi connectivity index (χ3n) is 2.89. The van der Waals surface area contributed by atoms with Crippen LogP contribution in [0.5, 0.6) is 5.88 Å². The number of hydrogen-bond donors (Lipinski definition) is 1. The van der Waals surface area contributed by atoms with Crippen LogP contribution in [0.15, 0.2) is 18.3 Å². The Bertz CT molecular complexity index is 324. The quantitative estimate of drug-likeness (QED) is 0.806. The molecule has 0 spiro atoms. The van der Waals surface area contributed by atoms with Crippen LogP contribution in [0.25, 0.3) is 0 Å². The Hall–Kier alpha value is -1.13. The number of pyridine rings is 1. The molecule has 0 amide bonds. The van der Waals surface area contributed by atoms with Gasteiger partial charge in [-0.05, 0) is 37.6 Å². The maximum atomic E-state index is 5.60. The lowest BCUT2D eigenvalue weighted by Crippen LogP contribution is -2.25. The van der Waals surface area contributed by atoms with Crippen molar-refractivity contribution in [3.8, 4) is 5.88 Å². The van der Waals surface area contributed by atoms with Gasteiger partial charge in [-0.25, -0.2) is 4.98 Å². The molecule has 0 bridgehead atoms. The molecule has 1 aliphatic rings. The molecule has 4 nitrogen and oxygen atoms in total. The highest BCUT2D eigenvalue weighted by Crippen LogP contribution is 2.10. The molecule has 0 radical (unpaired) electrons. The first-order chi connectivity index (χ1) is 7.88. The summed E-state index contributed by atoms with van der Waals surface area (Å²) in [6.07, 6.45) is 4.38. The van der Waals surface area contributed by atoms with Gasteiger partial charge in [-0.2, -0.15) is 0 Å². The van der Waals surface area contributed by atoms with E-state index in [4.69, 9.17) is 10.5 Å². The van der Waals surface area contributed by atoms with Crippen LogP contribution in [0.3, 0.4) is 0 Å². The number of rotatable bonds is 5. The molecule has 0 unspecified atom stereocenters. The van der Waals surface area contributed by atoms with Gasteiger partial charge in [0.1, 0.15) is 6.61 Å².